The van der Waals surface area contributed by atoms with Crippen LogP contribution in [0.5, 0.6) is 0 Å². The number of nitrogens with one attached hydrogen (secondary N) is 1. The Morgan fingerprint density at radius 2 is 2.08 bits per heavy atom. The van der Waals surface area contributed by atoms with Gasteiger partial charge in [-0.25, -0.2) is 0 Å². The number of fused-ring (bicyclic) bond motifs is 1. The second kappa shape index (κ2) is 7.30. The van der Waals surface area contributed by atoms with Gasteiger partial charge in [-0.15, -0.1) is 11.3 Å². The lowest BCUT2D eigenvalue weighted by Crippen LogP contribution is -2.40. The summed E-state index contributed by atoms with van der Waals surface area (Å²) in [6.45, 7) is 5.98. The smallest absolute Gasteiger partial charge is 0.227 e. The SMILES string of the molecule is CC(=O)N1CCc2ccccc2C1CC(=O)Nc1sc(C)c(C)c1C#N. The number of benzene rings is 1. The molecule has 1 aliphatic heterocycles. The number of amides is 2. The lowest BCUT2D eigenvalue weighted by molar-refractivity contribution is -0.132. The minimum atomic E-state index is -0.273. The molecule has 3 rings (SSSR count). The van der Waals surface area contributed by atoms with E-state index in [9.17, 15) is 14.9 Å². The fourth-order valence-electron chi connectivity index (χ4n) is 3.45. The Morgan fingerprint density at radius 3 is 2.77 bits per heavy atom. The Morgan fingerprint density at radius 1 is 1.35 bits per heavy atom. The van der Waals surface area contributed by atoms with Crippen molar-refractivity contribution < 1.29 is 9.59 Å². The van der Waals surface area contributed by atoms with Gasteiger partial charge in [-0.05, 0) is 37.0 Å². The molecule has 2 heterocycles. The van der Waals surface area contributed by atoms with Gasteiger partial charge in [0.1, 0.15) is 11.1 Å². The number of carbonyl (C=O) groups is 2. The Balaban J connectivity index is 1.84. The molecule has 2 aromatic rings. The molecule has 1 aromatic carbocycles. The van der Waals surface area contributed by atoms with Crippen molar-refractivity contribution in [2.75, 3.05) is 11.9 Å². The monoisotopic (exact) mass is 367 g/mol. The first-order chi connectivity index (χ1) is 12.4. The molecule has 0 radical (unpaired) electrons. The van der Waals surface area contributed by atoms with Crippen LogP contribution < -0.4 is 5.32 Å². The first-order valence-corrected chi connectivity index (χ1v) is 9.39. The van der Waals surface area contributed by atoms with Crippen LogP contribution >= 0.6 is 11.3 Å². The van der Waals surface area contributed by atoms with Gasteiger partial charge in [0.05, 0.1) is 18.0 Å². The molecule has 1 unspecified atom stereocenters. The van der Waals surface area contributed by atoms with Crippen LogP contribution in [-0.4, -0.2) is 23.3 Å². The summed E-state index contributed by atoms with van der Waals surface area (Å²) in [4.78, 5) is 27.5. The first kappa shape index (κ1) is 18.2. The maximum absolute atomic E-state index is 12.7. The van der Waals surface area contributed by atoms with Crippen LogP contribution in [0.15, 0.2) is 24.3 Å². The highest BCUT2D eigenvalue weighted by molar-refractivity contribution is 7.16. The topological polar surface area (TPSA) is 73.2 Å². The van der Waals surface area contributed by atoms with Crippen molar-refractivity contribution in [3.8, 4) is 6.07 Å². The number of hydrogen-bond acceptors (Lipinski definition) is 4. The molecular formula is C20H21N3O2S. The van der Waals surface area contributed by atoms with E-state index in [0.717, 1.165) is 22.4 Å². The summed E-state index contributed by atoms with van der Waals surface area (Å²) in [6.07, 6.45) is 0.979. The van der Waals surface area contributed by atoms with Gasteiger partial charge in [-0.3, -0.25) is 9.59 Å². The predicted molar refractivity (Wildman–Crippen MR) is 102 cm³/mol. The van der Waals surface area contributed by atoms with Crippen LogP contribution in [0.2, 0.25) is 0 Å². The van der Waals surface area contributed by atoms with Crippen molar-refractivity contribution in [2.45, 2.75) is 39.7 Å². The normalized spacial score (nSPS) is 15.9. The minimum absolute atomic E-state index is 0.0298. The number of nitrogens with zero attached hydrogens (tertiary/aromatic N) is 2. The zero-order valence-corrected chi connectivity index (χ0v) is 15.9. The third-order valence-electron chi connectivity index (χ3n) is 4.95. The van der Waals surface area contributed by atoms with Crippen molar-refractivity contribution >= 4 is 28.2 Å². The molecule has 0 saturated carbocycles. The molecule has 1 aromatic heterocycles. The Bertz CT molecular complexity index is 910. The predicted octanol–water partition coefficient (Wildman–Crippen LogP) is 3.71. The fourth-order valence-corrected chi connectivity index (χ4v) is 4.48. The number of carbonyl (C=O) groups excluding carboxylic acids is 2. The summed E-state index contributed by atoms with van der Waals surface area (Å²) >= 11 is 1.41. The summed E-state index contributed by atoms with van der Waals surface area (Å²) in [7, 11) is 0. The third kappa shape index (κ3) is 3.35. The molecule has 0 aliphatic carbocycles. The second-order valence-electron chi connectivity index (χ2n) is 6.53. The van der Waals surface area contributed by atoms with Gasteiger partial charge >= 0.3 is 0 Å². The lowest BCUT2D eigenvalue weighted by atomic mass is 9.90. The molecule has 0 spiro atoms. The molecule has 134 valence electrons. The van der Waals surface area contributed by atoms with E-state index < -0.39 is 0 Å². The number of hydrogen-bond donors (Lipinski definition) is 1. The quantitative estimate of drug-likeness (QED) is 0.899. The van der Waals surface area contributed by atoms with Crippen molar-refractivity contribution in [3.05, 3.63) is 51.4 Å². The van der Waals surface area contributed by atoms with Gasteiger partial charge in [-0.2, -0.15) is 5.26 Å². The molecule has 0 saturated heterocycles. The molecule has 0 bridgehead atoms. The van der Waals surface area contributed by atoms with Gasteiger partial charge in [0, 0.05) is 18.3 Å². The fraction of sp³-hybridized carbons (Fsp3) is 0.350. The molecule has 26 heavy (non-hydrogen) atoms. The van der Waals surface area contributed by atoms with Crippen molar-refractivity contribution in [2.24, 2.45) is 0 Å². The van der Waals surface area contributed by atoms with Crippen LogP contribution in [0.4, 0.5) is 5.00 Å². The molecule has 6 heteroatoms. The van der Waals surface area contributed by atoms with E-state index in [1.165, 1.54) is 16.9 Å². The van der Waals surface area contributed by atoms with E-state index in [4.69, 9.17) is 0 Å². The highest BCUT2D eigenvalue weighted by atomic mass is 32.1. The molecule has 2 amide bonds. The van der Waals surface area contributed by atoms with E-state index in [0.29, 0.717) is 17.1 Å². The lowest BCUT2D eigenvalue weighted by Gasteiger charge is -2.36. The molecular weight excluding hydrogens is 346 g/mol. The summed E-state index contributed by atoms with van der Waals surface area (Å²) in [5, 5.41) is 12.8. The van der Waals surface area contributed by atoms with E-state index in [1.54, 1.807) is 11.8 Å². The summed E-state index contributed by atoms with van der Waals surface area (Å²) < 4.78 is 0. The standard InChI is InChI=1S/C20H21N3O2S/c1-12-13(2)26-20(17(12)11-21)22-19(25)10-18-16-7-5-4-6-15(16)8-9-23(18)14(3)24/h4-7,18H,8-10H2,1-3H3,(H,22,25). The summed E-state index contributed by atoms with van der Waals surface area (Å²) in [6, 6.07) is 9.86. The second-order valence-corrected chi connectivity index (χ2v) is 7.75. The van der Waals surface area contributed by atoms with E-state index in [2.05, 4.69) is 17.5 Å². The Kier molecular flexibility index (Phi) is 5.10. The van der Waals surface area contributed by atoms with E-state index in [1.807, 2.05) is 32.0 Å². The average molecular weight is 367 g/mol. The highest BCUT2D eigenvalue weighted by Gasteiger charge is 2.31. The van der Waals surface area contributed by atoms with Crippen molar-refractivity contribution in [3.63, 3.8) is 0 Å². The van der Waals surface area contributed by atoms with Crippen LogP contribution in [0, 0.1) is 25.2 Å². The number of aryl methyl sites for hydroxylation is 1. The number of anilines is 1. The number of thiophene rings is 1. The average Bonchev–Trinajstić information content (AvgIpc) is 2.88. The molecule has 0 fully saturated rings. The van der Waals surface area contributed by atoms with Crippen LogP contribution in [0.25, 0.3) is 0 Å². The zero-order chi connectivity index (χ0) is 18.8. The van der Waals surface area contributed by atoms with Crippen LogP contribution in [0.1, 0.15) is 46.5 Å². The molecule has 5 nitrogen and oxygen atoms in total. The van der Waals surface area contributed by atoms with Crippen molar-refractivity contribution in [1.82, 2.24) is 4.90 Å². The molecule has 1 aliphatic rings. The number of nitriles is 1. The summed E-state index contributed by atoms with van der Waals surface area (Å²) in [5.74, 6) is -0.214. The minimum Gasteiger partial charge on any atom is -0.335 e. The van der Waals surface area contributed by atoms with E-state index in [-0.39, 0.29) is 24.3 Å². The molecule has 1 N–H and O–H groups in total. The summed E-state index contributed by atoms with van der Waals surface area (Å²) in [5.41, 5.74) is 3.64. The Labute approximate surface area is 157 Å². The van der Waals surface area contributed by atoms with Crippen LogP contribution in [-0.2, 0) is 16.0 Å². The van der Waals surface area contributed by atoms with Crippen LogP contribution in [0.3, 0.4) is 0 Å². The largest absolute Gasteiger partial charge is 0.335 e. The highest BCUT2D eigenvalue weighted by Crippen LogP contribution is 2.35. The van der Waals surface area contributed by atoms with Gasteiger partial charge in [0.15, 0.2) is 0 Å². The first-order valence-electron chi connectivity index (χ1n) is 8.57. The van der Waals surface area contributed by atoms with Gasteiger partial charge in [0.25, 0.3) is 0 Å². The Hall–Kier alpha value is -2.65. The van der Waals surface area contributed by atoms with Gasteiger partial charge < -0.3 is 10.2 Å². The van der Waals surface area contributed by atoms with E-state index >= 15 is 0 Å². The van der Waals surface area contributed by atoms with Gasteiger partial charge in [0.2, 0.25) is 11.8 Å². The third-order valence-corrected chi connectivity index (χ3v) is 6.07. The van der Waals surface area contributed by atoms with Gasteiger partial charge in [-0.1, -0.05) is 24.3 Å². The van der Waals surface area contributed by atoms with Crippen molar-refractivity contribution in [1.29, 1.82) is 5.26 Å². The molecule has 1 atom stereocenters. The maximum Gasteiger partial charge on any atom is 0.227 e. The number of rotatable bonds is 3. The maximum atomic E-state index is 12.7. The zero-order valence-electron chi connectivity index (χ0n) is 15.1.